The Kier molecular flexibility index (Phi) is 6.39. The molecule has 10 heteroatoms. The summed E-state index contributed by atoms with van der Waals surface area (Å²) in [4.78, 5) is 7.78. The Labute approximate surface area is 196 Å². The molecular weight excluding hydrogens is 558 g/mol. The molecule has 0 unspecified atom stereocenters. The largest absolute Gasteiger partial charge is 0.393 e. The predicted octanol–water partition coefficient (Wildman–Crippen LogP) is 5.07. The van der Waals surface area contributed by atoms with Gasteiger partial charge in [-0.2, -0.15) is 4.31 Å². The molecular formula is C20H18Br2ClN3O3S. The summed E-state index contributed by atoms with van der Waals surface area (Å²) in [5.41, 5.74) is 2.28. The Bertz CT molecular complexity index is 1190. The zero-order chi connectivity index (χ0) is 21.5. The summed E-state index contributed by atoms with van der Waals surface area (Å²) in [5, 5.41) is 9.83. The van der Waals surface area contributed by atoms with E-state index in [9.17, 15) is 13.5 Å². The van der Waals surface area contributed by atoms with Crippen LogP contribution >= 0.6 is 43.5 Å². The van der Waals surface area contributed by atoms with Gasteiger partial charge >= 0.3 is 0 Å². The van der Waals surface area contributed by atoms with Gasteiger partial charge in [0.1, 0.15) is 10.7 Å². The van der Waals surface area contributed by atoms with Gasteiger partial charge in [0, 0.05) is 39.4 Å². The molecule has 1 saturated heterocycles. The zero-order valence-electron chi connectivity index (χ0n) is 15.6. The molecule has 4 rings (SSSR count). The molecule has 0 saturated carbocycles. The molecule has 30 heavy (non-hydrogen) atoms. The molecule has 0 radical (unpaired) electrons. The topological polar surface area (TPSA) is 86.3 Å². The van der Waals surface area contributed by atoms with Crippen molar-refractivity contribution < 1.29 is 13.5 Å². The highest BCUT2D eigenvalue weighted by Crippen LogP contribution is 2.32. The molecule has 2 N–H and O–H groups in total. The molecule has 0 atom stereocenters. The van der Waals surface area contributed by atoms with Crippen molar-refractivity contribution in [1.82, 2.24) is 14.3 Å². The number of hydrogen-bond donors (Lipinski definition) is 2. The van der Waals surface area contributed by atoms with E-state index in [1.54, 1.807) is 24.4 Å². The molecule has 1 aliphatic heterocycles. The zero-order valence-corrected chi connectivity index (χ0v) is 20.4. The molecule has 1 aliphatic rings. The Morgan fingerprint density at radius 3 is 2.47 bits per heavy atom. The number of piperidine rings is 1. The van der Waals surface area contributed by atoms with Gasteiger partial charge in [-0.05, 0) is 75.0 Å². The summed E-state index contributed by atoms with van der Waals surface area (Å²) in [6, 6.07) is 10.7. The second-order valence-electron chi connectivity index (χ2n) is 7.04. The third-order valence-electron chi connectivity index (χ3n) is 5.04. The van der Waals surface area contributed by atoms with E-state index in [2.05, 4.69) is 41.8 Å². The number of aromatic nitrogens is 2. The molecule has 1 aromatic heterocycles. The van der Waals surface area contributed by atoms with Crippen LogP contribution in [0.25, 0.3) is 22.6 Å². The molecule has 0 amide bonds. The van der Waals surface area contributed by atoms with Crippen LogP contribution < -0.4 is 0 Å². The molecule has 0 aliphatic carbocycles. The number of halogens is 3. The number of aliphatic hydroxyl groups excluding tert-OH is 1. The quantitative estimate of drug-likeness (QED) is 0.455. The van der Waals surface area contributed by atoms with Gasteiger partial charge < -0.3 is 10.1 Å². The third kappa shape index (κ3) is 4.37. The number of benzene rings is 2. The van der Waals surface area contributed by atoms with Crippen molar-refractivity contribution in [1.29, 1.82) is 0 Å². The maximum atomic E-state index is 13.1. The molecule has 0 spiro atoms. The van der Waals surface area contributed by atoms with Crippen molar-refractivity contribution in [2.24, 2.45) is 0 Å². The van der Waals surface area contributed by atoms with Crippen LogP contribution in [-0.4, -0.2) is 47.0 Å². The number of imidazole rings is 1. The van der Waals surface area contributed by atoms with Crippen molar-refractivity contribution >= 4 is 53.5 Å². The van der Waals surface area contributed by atoms with Crippen LogP contribution in [-0.2, 0) is 10.0 Å². The highest BCUT2D eigenvalue weighted by molar-refractivity contribution is 9.13. The smallest absolute Gasteiger partial charge is 0.244 e. The van der Waals surface area contributed by atoms with E-state index in [1.807, 2.05) is 18.2 Å². The second kappa shape index (κ2) is 8.72. The standard InChI is InChI=1S/C20H18Br2ClN3O3S/c21-15-3-1-12(9-16(15)22)18-11-24-20(25-18)13-2-4-17(23)19(10-13)30(28,29)26-7-5-14(27)6-8-26/h1-4,9-11,14,27H,5-8H2,(H,24,25). The normalized spacial score (nSPS) is 16.1. The highest BCUT2D eigenvalue weighted by Gasteiger charge is 2.30. The number of aliphatic hydroxyl groups is 1. The first kappa shape index (κ1) is 22.0. The number of H-pyrrole nitrogens is 1. The first-order valence-corrected chi connectivity index (χ1v) is 12.6. The van der Waals surface area contributed by atoms with Crippen LogP contribution in [0.2, 0.25) is 5.02 Å². The number of aromatic amines is 1. The van der Waals surface area contributed by atoms with Gasteiger partial charge in [-0.15, -0.1) is 0 Å². The van der Waals surface area contributed by atoms with E-state index < -0.39 is 16.1 Å². The Morgan fingerprint density at radius 2 is 1.77 bits per heavy atom. The van der Waals surface area contributed by atoms with Crippen LogP contribution in [0.4, 0.5) is 0 Å². The van der Waals surface area contributed by atoms with E-state index in [1.165, 1.54) is 4.31 Å². The van der Waals surface area contributed by atoms with Gasteiger partial charge in [0.2, 0.25) is 10.0 Å². The number of nitrogens with zero attached hydrogens (tertiary/aromatic N) is 2. The molecule has 6 nitrogen and oxygen atoms in total. The summed E-state index contributed by atoms with van der Waals surface area (Å²) >= 11 is 13.2. The van der Waals surface area contributed by atoms with Crippen LogP contribution in [0.15, 0.2) is 56.4 Å². The average Bonchev–Trinajstić information content (AvgIpc) is 3.21. The van der Waals surface area contributed by atoms with Crippen LogP contribution in [0.1, 0.15) is 12.8 Å². The number of nitrogens with one attached hydrogen (secondary N) is 1. The summed E-state index contributed by atoms with van der Waals surface area (Å²) in [5.74, 6) is 0.547. The second-order valence-corrected chi connectivity index (χ2v) is 11.1. The van der Waals surface area contributed by atoms with E-state index in [4.69, 9.17) is 11.6 Å². The first-order chi connectivity index (χ1) is 14.3. The van der Waals surface area contributed by atoms with Crippen molar-refractivity contribution in [3.8, 4) is 22.6 Å². The minimum absolute atomic E-state index is 0.0439. The minimum atomic E-state index is -3.77. The lowest BCUT2D eigenvalue weighted by atomic mass is 10.1. The Hall–Kier alpha value is -1.23. The summed E-state index contributed by atoms with van der Waals surface area (Å²) in [6.07, 6.45) is 2.15. The fourth-order valence-corrected chi connectivity index (χ4v) is 5.94. The van der Waals surface area contributed by atoms with Crippen molar-refractivity contribution in [2.45, 2.75) is 23.8 Å². The maximum absolute atomic E-state index is 13.1. The summed E-state index contributed by atoms with van der Waals surface area (Å²) < 4.78 is 29.5. The monoisotopic (exact) mass is 573 g/mol. The Morgan fingerprint density at radius 1 is 1.07 bits per heavy atom. The van der Waals surface area contributed by atoms with Crippen molar-refractivity contribution in [3.63, 3.8) is 0 Å². The minimum Gasteiger partial charge on any atom is -0.393 e. The summed E-state index contributed by atoms with van der Waals surface area (Å²) in [7, 11) is -3.77. The van der Waals surface area contributed by atoms with E-state index in [0.717, 1.165) is 20.2 Å². The molecule has 2 heterocycles. The van der Waals surface area contributed by atoms with Crippen molar-refractivity contribution in [2.75, 3.05) is 13.1 Å². The van der Waals surface area contributed by atoms with Gasteiger partial charge in [-0.25, -0.2) is 13.4 Å². The van der Waals surface area contributed by atoms with Gasteiger partial charge in [0.15, 0.2) is 0 Å². The fraction of sp³-hybridized carbons (Fsp3) is 0.250. The number of hydrogen-bond acceptors (Lipinski definition) is 4. The van der Waals surface area contributed by atoms with Gasteiger partial charge in [-0.3, -0.25) is 0 Å². The molecule has 0 bridgehead atoms. The molecule has 158 valence electrons. The number of sulfonamides is 1. The molecule has 1 fully saturated rings. The van der Waals surface area contributed by atoms with Crippen molar-refractivity contribution in [3.05, 3.63) is 56.6 Å². The van der Waals surface area contributed by atoms with Crippen LogP contribution in [0, 0.1) is 0 Å². The van der Waals surface area contributed by atoms with E-state index >= 15 is 0 Å². The third-order valence-corrected chi connectivity index (χ3v) is 9.30. The van der Waals surface area contributed by atoms with Crippen LogP contribution in [0.3, 0.4) is 0 Å². The Balaban J connectivity index is 1.67. The lowest BCUT2D eigenvalue weighted by molar-refractivity contribution is 0.113. The lowest BCUT2D eigenvalue weighted by Crippen LogP contribution is -2.40. The van der Waals surface area contributed by atoms with E-state index in [-0.39, 0.29) is 23.0 Å². The predicted molar refractivity (Wildman–Crippen MR) is 124 cm³/mol. The van der Waals surface area contributed by atoms with E-state index in [0.29, 0.717) is 24.2 Å². The molecule has 3 aromatic rings. The maximum Gasteiger partial charge on any atom is 0.244 e. The SMILES string of the molecule is O=S(=O)(c1cc(-c2nc(-c3ccc(Br)c(Br)c3)c[nH]2)ccc1Cl)N1CCC(O)CC1. The average molecular weight is 576 g/mol. The van der Waals surface area contributed by atoms with Gasteiger partial charge in [0.05, 0.1) is 16.8 Å². The first-order valence-electron chi connectivity index (χ1n) is 9.24. The highest BCUT2D eigenvalue weighted by atomic mass is 79.9. The summed E-state index contributed by atoms with van der Waals surface area (Å²) in [6.45, 7) is 0.542. The fourth-order valence-electron chi connectivity index (χ4n) is 3.34. The lowest BCUT2D eigenvalue weighted by Gasteiger charge is -2.29. The van der Waals surface area contributed by atoms with Gasteiger partial charge in [-0.1, -0.05) is 17.7 Å². The number of rotatable bonds is 4. The van der Waals surface area contributed by atoms with Gasteiger partial charge in [0.25, 0.3) is 0 Å². The van der Waals surface area contributed by atoms with Crippen LogP contribution in [0.5, 0.6) is 0 Å². The molecule has 2 aromatic carbocycles.